The van der Waals surface area contributed by atoms with Crippen molar-refractivity contribution in [1.29, 1.82) is 0 Å². The highest BCUT2D eigenvalue weighted by molar-refractivity contribution is 6.31. The Hall–Kier alpha value is -3.85. The standard InChI is InChI=1S/C23H19ClFN7O/c1-31-20(4-8-28-31)30-23-27-7-3-19(29-23)16-10-15-5-9-32(22(15)18(25)11-16)21(33)12-14-2-6-26-13-17(14)24/h2-4,6-8,10-11,13H,5,9,12H2,1H3,(H,27,29,30). The zero-order chi connectivity index (χ0) is 22.9. The minimum Gasteiger partial charge on any atom is -0.309 e. The number of benzene rings is 1. The summed E-state index contributed by atoms with van der Waals surface area (Å²) in [4.78, 5) is 27.1. The molecule has 1 amide bonds. The zero-order valence-electron chi connectivity index (χ0n) is 17.7. The summed E-state index contributed by atoms with van der Waals surface area (Å²) in [5, 5.41) is 7.62. The first-order valence-electron chi connectivity index (χ1n) is 10.3. The van der Waals surface area contributed by atoms with Crippen LogP contribution in [0.5, 0.6) is 0 Å². The molecule has 5 rings (SSSR count). The Morgan fingerprint density at radius 3 is 2.88 bits per heavy atom. The molecule has 0 fully saturated rings. The number of anilines is 3. The molecule has 4 aromatic rings. The molecule has 1 aliphatic heterocycles. The Morgan fingerprint density at radius 2 is 2.09 bits per heavy atom. The maximum Gasteiger partial charge on any atom is 0.231 e. The third kappa shape index (κ3) is 4.14. The Morgan fingerprint density at radius 1 is 1.21 bits per heavy atom. The van der Waals surface area contributed by atoms with E-state index in [-0.39, 0.29) is 12.3 Å². The summed E-state index contributed by atoms with van der Waals surface area (Å²) in [5.41, 5.74) is 2.93. The molecule has 4 heterocycles. The van der Waals surface area contributed by atoms with Gasteiger partial charge in [-0.1, -0.05) is 11.6 Å². The van der Waals surface area contributed by atoms with E-state index in [0.29, 0.717) is 46.4 Å². The molecule has 1 aliphatic rings. The molecule has 1 aromatic carbocycles. The number of nitrogens with one attached hydrogen (secondary N) is 1. The molecule has 33 heavy (non-hydrogen) atoms. The van der Waals surface area contributed by atoms with Crippen LogP contribution in [-0.2, 0) is 24.7 Å². The third-order valence-corrected chi connectivity index (χ3v) is 5.87. The van der Waals surface area contributed by atoms with E-state index in [4.69, 9.17) is 11.6 Å². The average molecular weight is 464 g/mol. The van der Waals surface area contributed by atoms with Crippen LogP contribution in [0.15, 0.2) is 55.1 Å². The van der Waals surface area contributed by atoms with E-state index in [1.54, 1.807) is 48.5 Å². The largest absolute Gasteiger partial charge is 0.309 e. The summed E-state index contributed by atoms with van der Waals surface area (Å²) >= 11 is 6.13. The zero-order valence-corrected chi connectivity index (χ0v) is 18.4. The number of amides is 1. The monoisotopic (exact) mass is 463 g/mol. The van der Waals surface area contributed by atoms with Crippen LogP contribution >= 0.6 is 11.6 Å². The van der Waals surface area contributed by atoms with Crippen molar-refractivity contribution < 1.29 is 9.18 Å². The van der Waals surface area contributed by atoms with Crippen LogP contribution in [0.3, 0.4) is 0 Å². The summed E-state index contributed by atoms with van der Waals surface area (Å²) < 4.78 is 16.9. The normalized spacial score (nSPS) is 12.6. The van der Waals surface area contributed by atoms with Gasteiger partial charge in [0.15, 0.2) is 0 Å². The molecule has 8 nitrogen and oxygen atoms in total. The van der Waals surface area contributed by atoms with Crippen molar-refractivity contribution in [1.82, 2.24) is 24.7 Å². The fraction of sp³-hybridized carbons (Fsp3) is 0.174. The van der Waals surface area contributed by atoms with E-state index < -0.39 is 5.82 Å². The molecule has 0 atom stereocenters. The topological polar surface area (TPSA) is 88.8 Å². The molecule has 1 N–H and O–H groups in total. The van der Waals surface area contributed by atoms with Crippen LogP contribution in [0.25, 0.3) is 11.3 Å². The molecule has 0 radical (unpaired) electrons. The first-order valence-corrected chi connectivity index (χ1v) is 10.7. The fourth-order valence-corrected chi connectivity index (χ4v) is 4.07. The summed E-state index contributed by atoms with van der Waals surface area (Å²) in [7, 11) is 1.80. The number of hydrogen-bond donors (Lipinski definition) is 1. The van der Waals surface area contributed by atoms with E-state index >= 15 is 4.39 Å². The molecule has 0 aliphatic carbocycles. The van der Waals surface area contributed by atoms with Crippen LogP contribution in [0.4, 0.5) is 21.8 Å². The SMILES string of the molecule is Cn1nccc1Nc1nccc(-c2cc(F)c3c(c2)CCN3C(=O)Cc2ccncc2Cl)n1. The van der Waals surface area contributed by atoms with Crippen molar-refractivity contribution in [2.45, 2.75) is 12.8 Å². The van der Waals surface area contributed by atoms with Gasteiger partial charge in [0, 0.05) is 43.8 Å². The number of carbonyl (C=O) groups is 1. The van der Waals surface area contributed by atoms with Gasteiger partial charge in [0.25, 0.3) is 0 Å². The van der Waals surface area contributed by atoms with Gasteiger partial charge in [-0.25, -0.2) is 14.4 Å². The quantitative estimate of drug-likeness (QED) is 0.482. The van der Waals surface area contributed by atoms with Crippen LogP contribution in [0.1, 0.15) is 11.1 Å². The van der Waals surface area contributed by atoms with Crippen molar-refractivity contribution >= 4 is 35.0 Å². The molecular weight excluding hydrogens is 445 g/mol. The Labute approximate surface area is 194 Å². The van der Waals surface area contributed by atoms with E-state index in [1.165, 1.54) is 17.2 Å². The lowest BCUT2D eigenvalue weighted by molar-refractivity contribution is -0.117. The van der Waals surface area contributed by atoms with Crippen LogP contribution in [-0.4, -0.2) is 37.2 Å². The summed E-state index contributed by atoms with van der Waals surface area (Å²) in [5.74, 6) is 0.436. The number of halogens is 2. The number of hydrogen-bond acceptors (Lipinski definition) is 6. The van der Waals surface area contributed by atoms with Crippen molar-refractivity contribution in [3.05, 3.63) is 77.1 Å². The van der Waals surface area contributed by atoms with Gasteiger partial charge in [0.1, 0.15) is 11.6 Å². The molecule has 0 spiro atoms. The predicted molar refractivity (Wildman–Crippen MR) is 123 cm³/mol. The van der Waals surface area contributed by atoms with Gasteiger partial charge >= 0.3 is 0 Å². The first-order chi connectivity index (χ1) is 16.0. The highest BCUT2D eigenvalue weighted by Gasteiger charge is 2.29. The Bertz CT molecular complexity index is 1360. The molecule has 0 saturated carbocycles. The first kappa shape index (κ1) is 21.0. The van der Waals surface area contributed by atoms with Gasteiger partial charge in [-0.3, -0.25) is 14.5 Å². The number of aromatic nitrogens is 5. The number of fused-ring (bicyclic) bond motifs is 1. The van der Waals surface area contributed by atoms with Gasteiger partial charge in [0.2, 0.25) is 11.9 Å². The maximum absolute atomic E-state index is 15.2. The molecule has 0 saturated heterocycles. The second-order valence-corrected chi connectivity index (χ2v) is 8.04. The lowest BCUT2D eigenvalue weighted by atomic mass is 10.0. The molecule has 10 heteroatoms. The number of nitrogens with zero attached hydrogens (tertiary/aromatic N) is 6. The lowest BCUT2D eigenvalue weighted by Gasteiger charge is -2.19. The number of carbonyl (C=O) groups excluding carboxylic acids is 1. The van der Waals surface area contributed by atoms with Crippen LogP contribution in [0.2, 0.25) is 5.02 Å². The lowest BCUT2D eigenvalue weighted by Crippen LogP contribution is -2.31. The minimum absolute atomic E-state index is 0.0803. The smallest absolute Gasteiger partial charge is 0.231 e. The van der Waals surface area contributed by atoms with Gasteiger partial charge in [-0.05, 0) is 41.8 Å². The number of aryl methyl sites for hydroxylation is 1. The minimum atomic E-state index is -0.464. The fourth-order valence-electron chi connectivity index (χ4n) is 3.89. The number of rotatable bonds is 5. The van der Waals surface area contributed by atoms with Gasteiger partial charge < -0.3 is 10.2 Å². The van der Waals surface area contributed by atoms with Gasteiger partial charge in [-0.15, -0.1) is 0 Å². The molecule has 0 bridgehead atoms. The Balaban J connectivity index is 1.40. The summed E-state index contributed by atoms with van der Waals surface area (Å²) in [6.45, 7) is 0.411. The van der Waals surface area contributed by atoms with Crippen LogP contribution < -0.4 is 10.2 Å². The molecule has 0 unspecified atom stereocenters. The molecular formula is C23H19ClFN7O. The predicted octanol–water partition coefficient (Wildman–Crippen LogP) is 3.94. The molecule has 166 valence electrons. The highest BCUT2D eigenvalue weighted by Crippen LogP contribution is 2.35. The summed E-state index contributed by atoms with van der Waals surface area (Å²) in [6.07, 6.45) is 6.99. The van der Waals surface area contributed by atoms with Gasteiger partial charge in [0.05, 0.1) is 29.0 Å². The van der Waals surface area contributed by atoms with Crippen molar-refractivity contribution in [2.75, 3.05) is 16.8 Å². The van der Waals surface area contributed by atoms with E-state index in [1.807, 2.05) is 6.07 Å². The van der Waals surface area contributed by atoms with E-state index in [0.717, 1.165) is 11.4 Å². The van der Waals surface area contributed by atoms with Crippen LogP contribution in [0, 0.1) is 5.82 Å². The maximum atomic E-state index is 15.2. The highest BCUT2D eigenvalue weighted by atomic mass is 35.5. The second kappa shape index (κ2) is 8.59. The van der Waals surface area contributed by atoms with Crippen molar-refractivity contribution in [2.24, 2.45) is 7.05 Å². The van der Waals surface area contributed by atoms with Gasteiger partial charge in [-0.2, -0.15) is 5.10 Å². The van der Waals surface area contributed by atoms with E-state index in [9.17, 15) is 4.79 Å². The summed E-state index contributed by atoms with van der Waals surface area (Å²) in [6, 6.07) is 8.50. The molecule has 3 aromatic heterocycles. The Kier molecular flexibility index (Phi) is 5.47. The second-order valence-electron chi connectivity index (χ2n) is 7.64. The number of pyridine rings is 1. The average Bonchev–Trinajstić information content (AvgIpc) is 3.42. The third-order valence-electron chi connectivity index (χ3n) is 5.53. The van der Waals surface area contributed by atoms with Crippen molar-refractivity contribution in [3.8, 4) is 11.3 Å². The van der Waals surface area contributed by atoms with E-state index in [2.05, 4.69) is 25.4 Å². The van der Waals surface area contributed by atoms with Crippen molar-refractivity contribution in [3.63, 3.8) is 0 Å².